The molecular formula is C109H215N9O11. The Bertz CT molecular complexity index is 2840. The number of hydrogen-bond donors (Lipinski definition) is 0. The van der Waals surface area contributed by atoms with Crippen LogP contribution in [0.1, 0.15) is 325 Å². The van der Waals surface area contributed by atoms with Crippen LogP contribution in [0.15, 0.2) is 46.6 Å². The van der Waals surface area contributed by atoms with Crippen molar-refractivity contribution >= 4 is 12.2 Å². The summed E-state index contributed by atoms with van der Waals surface area (Å²) in [6, 6.07) is 5.05. The molecule has 0 bridgehead atoms. The first-order chi connectivity index (χ1) is 59.9. The van der Waals surface area contributed by atoms with Gasteiger partial charge in [-0.3, -0.25) is 34.3 Å². The second-order valence-electron chi connectivity index (χ2n) is 46.3. The molecule has 20 heteroatoms. The maximum absolute atomic E-state index is 12.2. The number of nitrogens with zero attached hydrogens (tertiary/aromatic N) is 9. The number of rotatable bonds is 21. The molecule has 762 valence electrons. The van der Waals surface area contributed by atoms with E-state index in [0.29, 0.717) is 34.4 Å². The highest BCUT2D eigenvalue weighted by Crippen LogP contribution is 2.40. The van der Waals surface area contributed by atoms with Crippen molar-refractivity contribution in [2.45, 2.75) is 391 Å². The predicted molar refractivity (Wildman–Crippen MR) is 550 cm³/mol. The van der Waals surface area contributed by atoms with Crippen molar-refractivity contribution in [3.05, 3.63) is 46.6 Å². The van der Waals surface area contributed by atoms with Gasteiger partial charge < -0.3 is 52.4 Å². The third-order valence-corrected chi connectivity index (χ3v) is 28.9. The zero-order chi connectivity index (χ0) is 98.6. The smallest absolute Gasteiger partial charge is 0.410 e. The molecule has 129 heavy (non-hydrogen) atoms. The zero-order valence-corrected chi connectivity index (χ0v) is 92.6. The lowest BCUT2D eigenvalue weighted by molar-refractivity contribution is 0.0170. The Morgan fingerprint density at radius 3 is 0.682 bits per heavy atom. The maximum Gasteiger partial charge on any atom is 0.410 e. The van der Waals surface area contributed by atoms with Crippen LogP contribution in [0.25, 0.3) is 0 Å². The van der Waals surface area contributed by atoms with Crippen LogP contribution in [0.3, 0.4) is 0 Å². The van der Waals surface area contributed by atoms with Crippen LogP contribution < -0.4 is 0 Å². The quantitative estimate of drug-likeness (QED) is 0.100. The number of likely N-dealkylation sites (tertiary alicyclic amines) is 5. The third kappa shape index (κ3) is 47.7. The van der Waals surface area contributed by atoms with Gasteiger partial charge in [-0.15, -0.1) is 0 Å². The van der Waals surface area contributed by atoms with Crippen molar-refractivity contribution in [3.8, 4) is 0 Å². The van der Waals surface area contributed by atoms with E-state index in [9.17, 15) is 9.59 Å². The summed E-state index contributed by atoms with van der Waals surface area (Å²) < 4.78 is 46.8. The van der Waals surface area contributed by atoms with Gasteiger partial charge in [0.2, 0.25) is 0 Å². The molecule has 5 fully saturated rings. The molecule has 0 N–H and O–H groups in total. The molecule has 0 saturated carbocycles. The lowest BCUT2D eigenvalue weighted by atomic mass is 9.72. The van der Waals surface area contributed by atoms with Gasteiger partial charge in [0.15, 0.2) is 0 Å². The monoisotopic (exact) mass is 1830 g/mol. The molecule has 14 atom stereocenters. The highest BCUT2D eigenvalue weighted by Gasteiger charge is 2.39. The number of methoxy groups -OCH3 is 7. The van der Waals surface area contributed by atoms with Gasteiger partial charge in [0.1, 0.15) is 11.2 Å². The van der Waals surface area contributed by atoms with Crippen molar-refractivity contribution in [2.24, 2.45) is 56.7 Å². The number of hydrogen-bond acceptors (Lipinski definition) is 18. The summed E-state index contributed by atoms with van der Waals surface area (Å²) >= 11 is 0. The minimum Gasteiger partial charge on any atom is -0.444 e. The minimum absolute atomic E-state index is 0.0973. The molecule has 5 saturated heterocycles. The molecule has 2 amide bonds. The first-order valence-electron chi connectivity index (χ1n) is 51.4. The van der Waals surface area contributed by atoms with E-state index in [2.05, 4.69) is 252 Å². The van der Waals surface area contributed by atoms with Crippen molar-refractivity contribution in [2.75, 3.05) is 201 Å². The highest BCUT2D eigenvalue weighted by molar-refractivity contribution is 5.70. The Morgan fingerprint density at radius 1 is 0.271 bits per heavy atom. The predicted octanol–water partition coefficient (Wildman–Crippen LogP) is 23.2. The largest absolute Gasteiger partial charge is 0.444 e. The Kier molecular flexibility index (Phi) is 59.6. The van der Waals surface area contributed by atoms with Crippen molar-refractivity contribution in [1.82, 2.24) is 44.1 Å². The van der Waals surface area contributed by atoms with E-state index in [1.54, 1.807) is 60.9 Å². The Hall–Kier alpha value is -3.06. The zero-order valence-electron chi connectivity index (χ0n) is 92.6. The molecule has 3 unspecified atom stereocenters. The van der Waals surface area contributed by atoms with Gasteiger partial charge in [-0.2, -0.15) is 0 Å². The first-order valence-corrected chi connectivity index (χ1v) is 51.4. The molecule has 0 radical (unpaired) electrons. The van der Waals surface area contributed by atoms with E-state index in [1.165, 1.54) is 134 Å². The molecule has 20 nitrogen and oxygen atoms in total. The van der Waals surface area contributed by atoms with Crippen LogP contribution in [0.5, 0.6) is 0 Å². The summed E-state index contributed by atoms with van der Waals surface area (Å²) in [6.07, 6.45) is 26.9. The summed E-state index contributed by atoms with van der Waals surface area (Å²) in [5.41, 5.74) is 6.15. The molecule has 0 aromatic carbocycles. The topological polar surface area (TPSA) is 146 Å². The van der Waals surface area contributed by atoms with Crippen LogP contribution in [-0.2, 0) is 42.6 Å². The molecule has 9 aliphatic heterocycles. The van der Waals surface area contributed by atoms with Crippen LogP contribution in [-0.4, -0.2) is 323 Å². The summed E-state index contributed by atoms with van der Waals surface area (Å²) in [5, 5.41) is 0. The normalized spacial score (nSPS) is 27.0. The van der Waals surface area contributed by atoms with Crippen LogP contribution in [0.4, 0.5) is 9.59 Å². The minimum atomic E-state index is -0.431. The molecule has 9 aliphatic rings. The van der Waals surface area contributed by atoms with Gasteiger partial charge in [0.25, 0.3) is 0 Å². The van der Waals surface area contributed by atoms with Gasteiger partial charge in [-0.05, 0) is 294 Å². The lowest BCUT2D eigenvalue weighted by Gasteiger charge is -2.45. The second-order valence-corrected chi connectivity index (χ2v) is 46.3. The van der Waals surface area contributed by atoms with Crippen molar-refractivity contribution in [1.29, 1.82) is 0 Å². The Labute approximate surface area is 799 Å². The number of ether oxygens (including phenoxy) is 9. The van der Waals surface area contributed by atoms with Crippen molar-refractivity contribution < 1.29 is 52.2 Å². The molecule has 9 rings (SSSR count). The number of piperidine rings is 5. The standard InChI is InChI=1S/2C15H27NO2.C13H27NO.2C13H25NO.4C10H21NO/c2*1-11-12(14(2,3)4)9-8-10-16(11)13(17)18-15(5,6)7;3*1-11-12(13(2,3)4)7-6-8-14(11)9-10-15-5;4*1-9-5-4-6-11(10(9)2)7-8-12-3/h2*9,11H,8,10H2,1-7H3;11-12H,6-10H2,1-5H3;2*7,11H,6,8-10H2,1-5H3;4*9-10H,4-8H2,1-3H3/t11-;;;2*11-;2*9-,10+;2*9-,10-/m1..101010/s1. The van der Waals surface area contributed by atoms with E-state index in [1.807, 2.05) is 51.3 Å². The van der Waals surface area contributed by atoms with Gasteiger partial charge in [0, 0.05) is 164 Å². The maximum atomic E-state index is 12.2. The van der Waals surface area contributed by atoms with E-state index in [0.717, 1.165) is 172 Å². The Balaban J connectivity index is 0.000000728. The molecule has 0 aromatic heterocycles. The lowest BCUT2D eigenvalue weighted by Crippen LogP contribution is -2.48. The fourth-order valence-electron chi connectivity index (χ4n) is 20.2. The summed E-state index contributed by atoms with van der Waals surface area (Å²) in [5.74, 6) is 4.25. The number of amides is 2. The summed E-state index contributed by atoms with van der Waals surface area (Å²) in [7, 11) is 12.4. The first kappa shape index (κ1) is 124. The summed E-state index contributed by atoms with van der Waals surface area (Å²) in [6.45, 7) is 99.1. The van der Waals surface area contributed by atoms with Crippen LogP contribution >= 0.6 is 0 Å². The van der Waals surface area contributed by atoms with E-state index in [-0.39, 0.29) is 35.1 Å². The average molecular weight is 1830 g/mol. The molecule has 0 aromatic rings. The van der Waals surface area contributed by atoms with E-state index < -0.39 is 11.2 Å². The van der Waals surface area contributed by atoms with E-state index in [4.69, 9.17) is 42.6 Å². The molecule has 9 heterocycles. The van der Waals surface area contributed by atoms with Gasteiger partial charge in [-0.1, -0.05) is 167 Å². The molecule has 0 spiro atoms. The Morgan fingerprint density at radius 2 is 0.473 bits per heavy atom. The number of carbonyl (C=O) groups excluding carboxylic acids is 2. The van der Waals surface area contributed by atoms with Gasteiger partial charge in [-0.25, -0.2) is 9.59 Å². The third-order valence-electron chi connectivity index (χ3n) is 28.9. The van der Waals surface area contributed by atoms with Crippen LogP contribution in [0.2, 0.25) is 0 Å². The van der Waals surface area contributed by atoms with Gasteiger partial charge >= 0.3 is 12.2 Å². The van der Waals surface area contributed by atoms with E-state index >= 15 is 0 Å². The molecular weight excluding hydrogens is 1610 g/mol. The average Bonchev–Trinajstić information content (AvgIpc) is 0.948. The number of carbonyl (C=O) groups is 2. The highest BCUT2D eigenvalue weighted by atomic mass is 16.6. The van der Waals surface area contributed by atoms with Crippen LogP contribution in [0, 0.1) is 56.7 Å². The fraction of sp³-hybridized carbons (Fsp3) is 0.908. The summed E-state index contributed by atoms with van der Waals surface area (Å²) in [4.78, 5) is 45.8. The SMILES string of the molecule is CC1C(C(C)(C)C)=CCCN1C(=O)OC(C)(C)C.COCCN1CCC=C(C(C)(C)C)[C@@H]1C.COCCN1CCC=C(C(C)(C)C)[C@H]1C.COCCN1CCCC(C(C)(C)C)C1C.COCCN1CCC[C@@H](C)[C@@H]1C.COCCN1CCC[C@@H](C)[C@H]1C.COCCN1CCC[C@H](C)[C@@H]1C.COCCN1CCC[C@H](C)[C@H]1C.C[C@@H]1C(C(C)(C)C)=CCCN1C(=O)OC(C)(C)C. The van der Waals surface area contributed by atoms with Crippen molar-refractivity contribution in [3.63, 3.8) is 0 Å². The second kappa shape index (κ2) is 62.0. The van der Waals surface area contributed by atoms with Gasteiger partial charge in [0.05, 0.1) is 58.3 Å². The molecule has 0 aliphatic carbocycles. The fourth-order valence-corrected chi connectivity index (χ4v) is 20.2.